The van der Waals surface area contributed by atoms with Gasteiger partial charge in [-0.3, -0.25) is 9.59 Å². The van der Waals surface area contributed by atoms with Crippen LogP contribution >= 0.6 is 12.4 Å². The van der Waals surface area contributed by atoms with Crippen molar-refractivity contribution in [1.82, 2.24) is 20.4 Å². The highest BCUT2D eigenvalue weighted by molar-refractivity contribution is 5.92. The van der Waals surface area contributed by atoms with E-state index in [2.05, 4.69) is 15.7 Å². The van der Waals surface area contributed by atoms with E-state index in [4.69, 9.17) is 0 Å². The third kappa shape index (κ3) is 5.16. The van der Waals surface area contributed by atoms with Crippen LogP contribution in [0.15, 0.2) is 35.1 Å². The first kappa shape index (κ1) is 22.9. The van der Waals surface area contributed by atoms with Crippen LogP contribution in [0.25, 0.3) is 5.69 Å². The lowest BCUT2D eigenvalue weighted by Gasteiger charge is -2.30. The highest BCUT2D eigenvalue weighted by atomic mass is 35.5. The molecule has 1 fully saturated rings. The average molecular weight is 431 g/mol. The summed E-state index contributed by atoms with van der Waals surface area (Å²) in [7, 11) is 0. The van der Waals surface area contributed by atoms with Gasteiger partial charge in [-0.1, -0.05) is 6.07 Å². The number of hydrogen-bond acceptors (Lipinski definition) is 4. The van der Waals surface area contributed by atoms with Gasteiger partial charge in [0.05, 0.1) is 11.3 Å². The van der Waals surface area contributed by atoms with Crippen molar-refractivity contribution in [1.29, 1.82) is 0 Å². The van der Waals surface area contributed by atoms with E-state index < -0.39 is 23.1 Å². The van der Waals surface area contributed by atoms with Crippen LogP contribution in [-0.2, 0) is 6.18 Å². The van der Waals surface area contributed by atoms with E-state index in [9.17, 15) is 22.8 Å². The second-order valence-electron chi connectivity index (χ2n) is 6.92. The number of nitrogens with one attached hydrogen (secondary N) is 2. The van der Waals surface area contributed by atoms with Crippen molar-refractivity contribution in [3.05, 3.63) is 57.5 Å². The molecule has 1 aliphatic rings. The van der Waals surface area contributed by atoms with Crippen molar-refractivity contribution >= 4 is 18.3 Å². The Kier molecular flexibility index (Phi) is 7.07. The Morgan fingerprint density at radius 1 is 1.31 bits per heavy atom. The second-order valence-corrected chi connectivity index (χ2v) is 6.92. The summed E-state index contributed by atoms with van der Waals surface area (Å²) in [5.74, 6) is -0.633. The largest absolute Gasteiger partial charge is 0.416 e. The summed E-state index contributed by atoms with van der Waals surface area (Å²) in [5.41, 5.74) is -1.31. The number of piperidine rings is 1. The molecule has 158 valence electrons. The van der Waals surface area contributed by atoms with Gasteiger partial charge in [0.15, 0.2) is 5.69 Å². The standard InChI is InChI=1S/C19H21F3N4O2.ClH/c1-11-9-16(27)17(18(28)24-15-7-4-8-23-12(15)2)25-26(11)14-6-3-5-13(10-14)19(20,21)22;/h3,5-6,9-10,12,15,23H,4,7-8H2,1-2H3,(H,24,28);1H. The molecule has 2 aromatic rings. The molecule has 2 unspecified atom stereocenters. The lowest BCUT2D eigenvalue weighted by atomic mass is 10.00. The molecule has 0 radical (unpaired) electrons. The average Bonchev–Trinajstić information content (AvgIpc) is 2.63. The number of aromatic nitrogens is 2. The molecule has 1 saturated heterocycles. The van der Waals surface area contributed by atoms with Crippen LogP contribution in [-0.4, -0.2) is 34.3 Å². The molecule has 0 spiro atoms. The highest BCUT2D eigenvalue weighted by Gasteiger charge is 2.31. The molecule has 6 nitrogen and oxygen atoms in total. The summed E-state index contributed by atoms with van der Waals surface area (Å²) in [4.78, 5) is 24.9. The summed E-state index contributed by atoms with van der Waals surface area (Å²) < 4.78 is 40.2. The van der Waals surface area contributed by atoms with Gasteiger partial charge in [-0.2, -0.15) is 18.3 Å². The first-order chi connectivity index (χ1) is 13.2. The SMILES string of the molecule is Cc1cc(=O)c(C(=O)NC2CCCNC2C)nn1-c1cccc(C(F)(F)F)c1.Cl. The molecule has 0 aliphatic carbocycles. The predicted octanol–water partition coefficient (Wildman–Crippen LogP) is 2.85. The Hall–Kier alpha value is -2.39. The van der Waals surface area contributed by atoms with Crippen molar-refractivity contribution < 1.29 is 18.0 Å². The van der Waals surface area contributed by atoms with E-state index in [-0.39, 0.29) is 35.9 Å². The summed E-state index contributed by atoms with van der Waals surface area (Å²) in [5, 5.41) is 10.1. The van der Waals surface area contributed by atoms with Crippen LogP contribution < -0.4 is 16.1 Å². The van der Waals surface area contributed by atoms with Gasteiger partial charge in [-0.15, -0.1) is 12.4 Å². The van der Waals surface area contributed by atoms with Crippen molar-refractivity contribution in [3.63, 3.8) is 0 Å². The maximum Gasteiger partial charge on any atom is 0.416 e. The maximum atomic E-state index is 13.0. The second kappa shape index (κ2) is 8.96. The summed E-state index contributed by atoms with van der Waals surface area (Å²) in [6, 6.07) is 5.68. The molecular formula is C19H22ClF3N4O2. The first-order valence-corrected chi connectivity index (χ1v) is 8.99. The maximum absolute atomic E-state index is 13.0. The zero-order valence-electron chi connectivity index (χ0n) is 15.9. The third-order valence-electron chi connectivity index (χ3n) is 4.82. The van der Waals surface area contributed by atoms with Crippen LogP contribution in [0.2, 0.25) is 0 Å². The Labute approximate surface area is 171 Å². The molecule has 1 amide bonds. The lowest BCUT2D eigenvalue weighted by molar-refractivity contribution is -0.137. The monoisotopic (exact) mass is 430 g/mol. The fourth-order valence-electron chi connectivity index (χ4n) is 3.26. The van der Waals surface area contributed by atoms with Gasteiger partial charge >= 0.3 is 6.18 Å². The van der Waals surface area contributed by atoms with E-state index in [0.29, 0.717) is 5.69 Å². The topological polar surface area (TPSA) is 76.0 Å². The third-order valence-corrected chi connectivity index (χ3v) is 4.82. The number of carbonyl (C=O) groups is 1. The number of amides is 1. The minimum atomic E-state index is -4.51. The van der Waals surface area contributed by atoms with Crippen molar-refractivity contribution in [2.45, 2.75) is 44.9 Å². The molecule has 2 heterocycles. The Morgan fingerprint density at radius 3 is 2.69 bits per heavy atom. The van der Waals surface area contributed by atoms with Gasteiger partial charge in [0.1, 0.15) is 0 Å². The van der Waals surface area contributed by atoms with Gasteiger partial charge in [-0.05, 0) is 51.4 Å². The van der Waals surface area contributed by atoms with Crippen LogP contribution in [0.3, 0.4) is 0 Å². The number of rotatable bonds is 3. The molecule has 0 bridgehead atoms. The fourth-order valence-corrected chi connectivity index (χ4v) is 3.26. The smallest absolute Gasteiger partial charge is 0.346 e. The Bertz CT molecular complexity index is 946. The summed E-state index contributed by atoms with van der Waals surface area (Å²) in [6.45, 7) is 4.34. The van der Waals surface area contributed by atoms with Crippen molar-refractivity contribution in [2.75, 3.05) is 6.54 Å². The van der Waals surface area contributed by atoms with Crippen LogP contribution in [0, 0.1) is 6.92 Å². The molecule has 0 saturated carbocycles. The molecule has 29 heavy (non-hydrogen) atoms. The number of alkyl halides is 3. The van der Waals surface area contributed by atoms with Gasteiger partial charge in [0, 0.05) is 23.8 Å². The number of halogens is 4. The number of hydrogen-bond donors (Lipinski definition) is 2. The Morgan fingerprint density at radius 2 is 2.03 bits per heavy atom. The lowest BCUT2D eigenvalue weighted by Crippen LogP contribution is -2.52. The van der Waals surface area contributed by atoms with Crippen molar-refractivity contribution in [2.24, 2.45) is 0 Å². The van der Waals surface area contributed by atoms with E-state index in [1.165, 1.54) is 22.9 Å². The number of aryl methyl sites for hydroxylation is 1. The molecule has 2 N–H and O–H groups in total. The molecule has 1 aliphatic heterocycles. The normalized spacial score (nSPS) is 19.3. The predicted molar refractivity (Wildman–Crippen MR) is 105 cm³/mol. The first-order valence-electron chi connectivity index (χ1n) is 8.99. The van der Waals surface area contributed by atoms with Crippen LogP contribution in [0.4, 0.5) is 13.2 Å². The highest BCUT2D eigenvalue weighted by Crippen LogP contribution is 2.30. The molecule has 1 aromatic heterocycles. The minimum Gasteiger partial charge on any atom is -0.346 e. The van der Waals surface area contributed by atoms with Crippen LogP contribution in [0.1, 0.15) is 41.5 Å². The van der Waals surface area contributed by atoms with E-state index in [0.717, 1.165) is 31.5 Å². The number of carbonyl (C=O) groups excluding carboxylic acids is 1. The van der Waals surface area contributed by atoms with Gasteiger partial charge < -0.3 is 10.6 Å². The fraction of sp³-hybridized carbons (Fsp3) is 0.421. The molecule has 10 heteroatoms. The summed E-state index contributed by atoms with van der Waals surface area (Å²) >= 11 is 0. The number of benzene rings is 1. The molecule has 1 aromatic carbocycles. The van der Waals surface area contributed by atoms with E-state index in [1.807, 2.05) is 6.92 Å². The molecule has 3 rings (SSSR count). The summed E-state index contributed by atoms with van der Waals surface area (Å²) in [6.07, 6.45) is -2.84. The number of nitrogens with zero attached hydrogens (tertiary/aromatic N) is 2. The quantitative estimate of drug-likeness (QED) is 0.785. The van der Waals surface area contributed by atoms with Crippen LogP contribution in [0.5, 0.6) is 0 Å². The van der Waals surface area contributed by atoms with Gasteiger partial charge in [-0.25, -0.2) is 4.68 Å². The Balaban J connectivity index is 0.00000300. The van der Waals surface area contributed by atoms with E-state index >= 15 is 0 Å². The minimum absolute atomic E-state index is 0. The molecular weight excluding hydrogens is 409 g/mol. The zero-order valence-corrected chi connectivity index (χ0v) is 16.7. The van der Waals surface area contributed by atoms with E-state index in [1.54, 1.807) is 6.92 Å². The van der Waals surface area contributed by atoms with Gasteiger partial charge in [0.2, 0.25) is 5.43 Å². The van der Waals surface area contributed by atoms with Crippen molar-refractivity contribution in [3.8, 4) is 5.69 Å². The zero-order chi connectivity index (χ0) is 20.5. The molecule has 2 atom stereocenters. The van der Waals surface area contributed by atoms with Gasteiger partial charge in [0.25, 0.3) is 5.91 Å².